The second kappa shape index (κ2) is 29.0. The Hall–Kier alpha value is -5.32. The van der Waals surface area contributed by atoms with Crippen molar-refractivity contribution in [2.75, 3.05) is 26.4 Å². The first-order valence-electron chi connectivity index (χ1n) is 21.2. The van der Waals surface area contributed by atoms with E-state index in [2.05, 4.69) is 32.9 Å². The SMILES string of the molecule is C=CCCCCCOC(=O)C(/C=C(\C)C(=O)OCCCCC=C)=C/C(=C)c1ccc(-c2ccc(-c3cc(C(=O)OCCCCC=C)cc(C(=O)OCCCCCC=C)c3)s2)s1. The Kier molecular flexibility index (Phi) is 23.8. The molecule has 0 bridgehead atoms. The van der Waals surface area contributed by atoms with Crippen molar-refractivity contribution >= 4 is 52.1 Å². The first-order chi connectivity index (χ1) is 29.6. The van der Waals surface area contributed by atoms with Gasteiger partial charge < -0.3 is 18.9 Å². The van der Waals surface area contributed by atoms with Crippen molar-refractivity contribution < 1.29 is 38.1 Å². The van der Waals surface area contributed by atoms with Gasteiger partial charge in [-0.2, -0.15) is 0 Å². The van der Waals surface area contributed by atoms with Crippen LogP contribution < -0.4 is 0 Å². The first-order valence-corrected chi connectivity index (χ1v) is 22.8. The van der Waals surface area contributed by atoms with Crippen molar-refractivity contribution in [3.05, 3.63) is 139 Å². The second-order valence-corrected chi connectivity index (χ2v) is 16.6. The minimum Gasteiger partial charge on any atom is -0.462 e. The Morgan fingerprint density at radius 2 is 0.967 bits per heavy atom. The van der Waals surface area contributed by atoms with Crippen LogP contribution in [0.3, 0.4) is 0 Å². The molecule has 0 saturated carbocycles. The standard InChI is InChI=1S/C51H62O8S2/c1-7-11-15-19-23-31-57-49(53)41(34-39(6)48(52)56-29-21-17-13-9-3)33-38(5)44-25-27-46(60-44)47-28-26-45(61-47)40-35-42(50(54)58-30-22-18-14-10-4)37-43(36-40)51(55)59-32-24-20-16-12-8-2/h7-10,25-28,33-37H,1-5,11-24,29-32H2,6H3/b39-34+,41-33+. The molecule has 0 atom stereocenters. The molecule has 0 aliphatic heterocycles. The molecule has 0 radical (unpaired) electrons. The summed E-state index contributed by atoms with van der Waals surface area (Å²) >= 11 is 3.02. The highest BCUT2D eigenvalue weighted by molar-refractivity contribution is 7.24. The predicted molar refractivity (Wildman–Crippen MR) is 252 cm³/mol. The maximum Gasteiger partial charge on any atom is 0.338 e. The Morgan fingerprint density at radius 3 is 1.51 bits per heavy atom. The number of carbonyl (C=O) groups excluding carboxylic acids is 4. The lowest BCUT2D eigenvalue weighted by Crippen LogP contribution is -2.11. The van der Waals surface area contributed by atoms with Crippen molar-refractivity contribution in [1.82, 2.24) is 0 Å². The van der Waals surface area contributed by atoms with Gasteiger partial charge >= 0.3 is 23.9 Å². The maximum absolute atomic E-state index is 13.4. The molecule has 326 valence electrons. The van der Waals surface area contributed by atoms with Gasteiger partial charge in [-0.15, -0.1) is 49.0 Å². The summed E-state index contributed by atoms with van der Waals surface area (Å²) in [6.45, 7) is 21.9. The topological polar surface area (TPSA) is 105 Å². The molecule has 2 aromatic heterocycles. The average Bonchev–Trinajstić information content (AvgIpc) is 3.97. The third-order valence-electron chi connectivity index (χ3n) is 9.36. The molecule has 0 fully saturated rings. The van der Waals surface area contributed by atoms with Crippen LogP contribution in [-0.4, -0.2) is 50.3 Å². The summed E-state index contributed by atoms with van der Waals surface area (Å²) in [4.78, 5) is 56.2. The Bertz CT molecular complexity index is 2010. The van der Waals surface area contributed by atoms with Gasteiger partial charge in [0, 0.05) is 25.1 Å². The fourth-order valence-electron chi connectivity index (χ4n) is 5.92. The summed E-state index contributed by atoms with van der Waals surface area (Å²) in [5, 5.41) is 0. The quantitative estimate of drug-likeness (QED) is 0.0157. The van der Waals surface area contributed by atoms with Crippen LogP contribution in [0.4, 0.5) is 0 Å². The molecule has 0 saturated heterocycles. The van der Waals surface area contributed by atoms with Gasteiger partial charge in [0.05, 0.1) is 43.1 Å². The number of hydrogen-bond acceptors (Lipinski definition) is 10. The van der Waals surface area contributed by atoms with Crippen LogP contribution in [0.5, 0.6) is 0 Å². The lowest BCUT2D eigenvalue weighted by Gasteiger charge is -2.10. The number of hydrogen-bond donors (Lipinski definition) is 0. The van der Waals surface area contributed by atoms with E-state index < -0.39 is 23.9 Å². The van der Waals surface area contributed by atoms with Gasteiger partial charge in [-0.1, -0.05) is 30.9 Å². The monoisotopic (exact) mass is 866 g/mol. The zero-order valence-corrected chi connectivity index (χ0v) is 37.5. The zero-order chi connectivity index (χ0) is 44.2. The van der Waals surface area contributed by atoms with E-state index >= 15 is 0 Å². The fourth-order valence-corrected chi connectivity index (χ4v) is 7.96. The van der Waals surface area contributed by atoms with E-state index in [1.807, 2.05) is 48.6 Å². The lowest BCUT2D eigenvalue weighted by molar-refractivity contribution is -0.139. The molecule has 0 spiro atoms. The average molecular weight is 867 g/mol. The Morgan fingerprint density at radius 1 is 0.525 bits per heavy atom. The van der Waals surface area contributed by atoms with E-state index in [4.69, 9.17) is 18.9 Å². The molecular weight excluding hydrogens is 805 g/mol. The summed E-state index contributed by atoms with van der Waals surface area (Å²) in [6, 6.07) is 12.9. The van der Waals surface area contributed by atoms with Crippen molar-refractivity contribution in [3.63, 3.8) is 0 Å². The van der Waals surface area contributed by atoms with Gasteiger partial charge in [0.2, 0.25) is 0 Å². The van der Waals surface area contributed by atoms with Gasteiger partial charge in [-0.3, -0.25) is 0 Å². The third kappa shape index (κ3) is 18.5. The van der Waals surface area contributed by atoms with Crippen molar-refractivity contribution in [2.45, 2.75) is 96.8 Å². The van der Waals surface area contributed by atoms with Crippen LogP contribution >= 0.6 is 22.7 Å². The molecule has 3 rings (SSSR count). The molecule has 3 aromatic rings. The summed E-state index contributed by atoms with van der Waals surface area (Å²) < 4.78 is 22.2. The Labute approximate surface area is 371 Å². The number of carbonyl (C=O) groups is 4. The van der Waals surface area contributed by atoms with E-state index in [-0.39, 0.29) is 48.7 Å². The highest BCUT2D eigenvalue weighted by atomic mass is 32.1. The molecule has 8 nitrogen and oxygen atoms in total. The number of allylic oxidation sites excluding steroid dienone is 6. The molecule has 0 N–H and O–H groups in total. The van der Waals surface area contributed by atoms with E-state index in [1.165, 1.54) is 34.8 Å². The van der Waals surface area contributed by atoms with Crippen LogP contribution in [0.15, 0.2) is 123 Å². The number of rotatable bonds is 31. The number of unbranched alkanes of at least 4 members (excludes halogenated alkanes) is 10. The number of esters is 4. The molecule has 0 aliphatic carbocycles. The summed E-state index contributed by atoms with van der Waals surface area (Å²) in [5.74, 6) is -2.05. The molecule has 0 aliphatic rings. The van der Waals surface area contributed by atoms with Crippen LogP contribution in [0.1, 0.15) is 122 Å². The summed E-state index contributed by atoms with van der Waals surface area (Å²) in [6.07, 6.45) is 22.4. The third-order valence-corrected chi connectivity index (χ3v) is 11.9. The van der Waals surface area contributed by atoms with E-state index in [0.717, 1.165) is 96.6 Å². The molecular formula is C51H62O8S2. The summed E-state index contributed by atoms with van der Waals surface area (Å²) in [7, 11) is 0. The van der Waals surface area contributed by atoms with Gasteiger partial charge in [0.1, 0.15) is 0 Å². The molecule has 1 aromatic carbocycles. The van der Waals surface area contributed by atoms with E-state index in [9.17, 15) is 19.2 Å². The first kappa shape index (κ1) is 50.0. The number of thiophene rings is 2. The minimum absolute atomic E-state index is 0.197. The van der Waals surface area contributed by atoms with Crippen LogP contribution in [0, 0.1) is 0 Å². The molecule has 0 unspecified atom stereocenters. The van der Waals surface area contributed by atoms with Gasteiger partial charge in [0.25, 0.3) is 0 Å². The number of benzene rings is 1. The molecule has 2 heterocycles. The van der Waals surface area contributed by atoms with Crippen molar-refractivity contribution in [1.29, 1.82) is 0 Å². The van der Waals surface area contributed by atoms with Gasteiger partial charge in [-0.25, -0.2) is 19.2 Å². The fraction of sp³-hybridized carbons (Fsp3) is 0.373. The lowest BCUT2D eigenvalue weighted by atomic mass is 10.0. The molecule has 10 heteroatoms. The highest BCUT2D eigenvalue weighted by Gasteiger charge is 2.19. The van der Waals surface area contributed by atoms with Crippen molar-refractivity contribution in [3.8, 4) is 20.2 Å². The van der Waals surface area contributed by atoms with E-state index in [1.54, 1.807) is 25.1 Å². The smallest absolute Gasteiger partial charge is 0.338 e. The second-order valence-electron chi connectivity index (χ2n) is 14.5. The highest BCUT2D eigenvalue weighted by Crippen LogP contribution is 2.40. The zero-order valence-electron chi connectivity index (χ0n) is 35.9. The molecule has 0 amide bonds. The Balaban J connectivity index is 1.85. The van der Waals surface area contributed by atoms with Crippen LogP contribution in [-0.2, 0) is 28.5 Å². The van der Waals surface area contributed by atoms with E-state index in [0.29, 0.717) is 24.0 Å². The minimum atomic E-state index is -0.548. The predicted octanol–water partition coefficient (Wildman–Crippen LogP) is 13.6. The van der Waals surface area contributed by atoms with Crippen LogP contribution in [0.2, 0.25) is 0 Å². The van der Waals surface area contributed by atoms with Crippen molar-refractivity contribution in [2.24, 2.45) is 0 Å². The normalized spacial score (nSPS) is 11.4. The maximum atomic E-state index is 13.4. The van der Waals surface area contributed by atoms with Crippen LogP contribution in [0.25, 0.3) is 25.8 Å². The number of ether oxygens (including phenoxy) is 4. The van der Waals surface area contributed by atoms with Gasteiger partial charge in [-0.05, 0) is 163 Å². The van der Waals surface area contributed by atoms with Gasteiger partial charge in [0.15, 0.2) is 0 Å². The largest absolute Gasteiger partial charge is 0.462 e. The summed E-state index contributed by atoms with van der Waals surface area (Å²) in [5.41, 5.74) is 2.30. The molecule has 61 heavy (non-hydrogen) atoms.